The third kappa shape index (κ3) is 3.23. The van der Waals surface area contributed by atoms with E-state index >= 15 is 0 Å². The Labute approximate surface area is 125 Å². The van der Waals surface area contributed by atoms with Crippen molar-refractivity contribution in [2.75, 3.05) is 5.32 Å². The van der Waals surface area contributed by atoms with Crippen LogP contribution in [-0.4, -0.2) is 0 Å². The van der Waals surface area contributed by atoms with Crippen molar-refractivity contribution in [2.24, 2.45) is 0 Å². The number of hydrogen-bond donors (Lipinski definition) is 1. The molecule has 0 spiro atoms. The molecule has 2 rings (SSSR count). The lowest BCUT2D eigenvalue weighted by Crippen LogP contribution is -2.10. The van der Waals surface area contributed by atoms with Crippen LogP contribution in [0.3, 0.4) is 0 Å². The lowest BCUT2D eigenvalue weighted by atomic mass is 10.0. The molecule has 1 nitrogen and oxygen atoms in total. The quantitative estimate of drug-likeness (QED) is 0.743. The Morgan fingerprint density at radius 2 is 1.79 bits per heavy atom. The van der Waals surface area contributed by atoms with Crippen LogP contribution in [0.4, 0.5) is 14.5 Å². The van der Waals surface area contributed by atoms with Crippen LogP contribution in [0.15, 0.2) is 36.4 Å². The van der Waals surface area contributed by atoms with Crippen LogP contribution in [0.25, 0.3) is 0 Å². The fourth-order valence-corrected chi connectivity index (χ4v) is 2.43. The molecule has 0 aromatic heterocycles. The normalized spacial score (nSPS) is 12.3. The van der Waals surface area contributed by atoms with E-state index in [1.54, 1.807) is 6.92 Å². The fourth-order valence-electron chi connectivity index (χ4n) is 1.88. The largest absolute Gasteiger partial charge is 0.378 e. The van der Waals surface area contributed by atoms with Crippen molar-refractivity contribution in [3.8, 4) is 0 Å². The summed E-state index contributed by atoms with van der Waals surface area (Å²) in [7, 11) is 0. The van der Waals surface area contributed by atoms with Crippen LogP contribution >= 0.6 is 22.6 Å². The van der Waals surface area contributed by atoms with Gasteiger partial charge in [-0.2, -0.15) is 0 Å². The SMILES string of the molecule is Cc1cc(F)c(C(C)Nc2ccccc2I)cc1F. The van der Waals surface area contributed by atoms with Gasteiger partial charge in [0.25, 0.3) is 0 Å². The highest BCUT2D eigenvalue weighted by Gasteiger charge is 2.14. The van der Waals surface area contributed by atoms with Crippen LogP contribution in [-0.2, 0) is 0 Å². The van der Waals surface area contributed by atoms with Crippen molar-refractivity contribution in [1.29, 1.82) is 0 Å². The van der Waals surface area contributed by atoms with Gasteiger partial charge < -0.3 is 5.32 Å². The molecular formula is C15H14F2IN. The molecule has 19 heavy (non-hydrogen) atoms. The second-order valence-electron chi connectivity index (χ2n) is 4.47. The third-order valence-electron chi connectivity index (χ3n) is 2.99. The summed E-state index contributed by atoms with van der Waals surface area (Å²) in [4.78, 5) is 0. The van der Waals surface area contributed by atoms with E-state index in [0.717, 1.165) is 9.26 Å². The number of para-hydroxylation sites is 1. The van der Waals surface area contributed by atoms with E-state index in [1.807, 2.05) is 31.2 Å². The molecule has 0 saturated heterocycles. The van der Waals surface area contributed by atoms with Gasteiger partial charge in [-0.25, -0.2) is 8.78 Å². The van der Waals surface area contributed by atoms with E-state index in [1.165, 1.54) is 12.1 Å². The maximum absolute atomic E-state index is 13.9. The van der Waals surface area contributed by atoms with Gasteiger partial charge >= 0.3 is 0 Å². The first-order chi connectivity index (χ1) is 8.99. The van der Waals surface area contributed by atoms with Crippen LogP contribution in [0.2, 0.25) is 0 Å². The summed E-state index contributed by atoms with van der Waals surface area (Å²) in [5.41, 5.74) is 1.57. The molecule has 2 aromatic carbocycles. The van der Waals surface area contributed by atoms with Gasteiger partial charge in [0.05, 0.1) is 6.04 Å². The highest BCUT2D eigenvalue weighted by atomic mass is 127. The Hall–Kier alpha value is -1.17. The second kappa shape index (κ2) is 5.86. The second-order valence-corrected chi connectivity index (χ2v) is 5.63. The number of halogens is 3. The summed E-state index contributed by atoms with van der Waals surface area (Å²) in [5.74, 6) is -0.766. The topological polar surface area (TPSA) is 12.0 Å². The molecule has 100 valence electrons. The Balaban J connectivity index is 2.28. The highest BCUT2D eigenvalue weighted by molar-refractivity contribution is 14.1. The Kier molecular flexibility index (Phi) is 4.39. The maximum atomic E-state index is 13.9. The van der Waals surface area contributed by atoms with Gasteiger partial charge in [-0.1, -0.05) is 12.1 Å². The monoisotopic (exact) mass is 373 g/mol. The van der Waals surface area contributed by atoms with Crippen molar-refractivity contribution in [3.05, 3.63) is 62.7 Å². The van der Waals surface area contributed by atoms with E-state index in [4.69, 9.17) is 0 Å². The molecule has 0 aliphatic rings. The minimum absolute atomic E-state index is 0.300. The predicted molar refractivity (Wildman–Crippen MR) is 82.3 cm³/mol. The zero-order valence-electron chi connectivity index (χ0n) is 10.7. The summed E-state index contributed by atoms with van der Waals surface area (Å²) < 4.78 is 28.5. The van der Waals surface area contributed by atoms with Crippen LogP contribution in [0.1, 0.15) is 24.1 Å². The number of anilines is 1. The van der Waals surface area contributed by atoms with E-state index in [0.29, 0.717) is 11.1 Å². The van der Waals surface area contributed by atoms with Crippen molar-refractivity contribution < 1.29 is 8.78 Å². The van der Waals surface area contributed by atoms with Crippen molar-refractivity contribution in [2.45, 2.75) is 19.9 Å². The van der Waals surface area contributed by atoms with Crippen molar-refractivity contribution in [3.63, 3.8) is 0 Å². The summed E-state index contributed by atoms with van der Waals surface area (Å²) in [5, 5.41) is 3.20. The first-order valence-electron chi connectivity index (χ1n) is 5.95. The van der Waals surface area contributed by atoms with Gasteiger partial charge in [-0.15, -0.1) is 0 Å². The van der Waals surface area contributed by atoms with Crippen molar-refractivity contribution in [1.82, 2.24) is 0 Å². The number of nitrogens with one attached hydrogen (secondary N) is 1. The lowest BCUT2D eigenvalue weighted by Gasteiger charge is -2.18. The van der Waals surface area contributed by atoms with Gasteiger partial charge in [0, 0.05) is 14.8 Å². The molecule has 4 heteroatoms. The molecule has 2 aromatic rings. The van der Waals surface area contributed by atoms with Gasteiger partial charge in [-0.3, -0.25) is 0 Å². The molecule has 0 saturated carbocycles. The molecule has 0 bridgehead atoms. The molecule has 0 heterocycles. The Bertz CT molecular complexity index is 599. The lowest BCUT2D eigenvalue weighted by molar-refractivity contribution is 0.571. The average molecular weight is 373 g/mol. The molecular weight excluding hydrogens is 359 g/mol. The summed E-state index contributed by atoms with van der Waals surface area (Å²) >= 11 is 2.20. The number of benzene rings is 2. The van der Waals surface area contributed by atoms with Gasteiger partial charge in [0.1, 0.15) is 11.6 Å². The molecule has 1 N–H and O–H groups in total. The summed E-state index contributed by atoms with van der Waals surface area (Å²) in [6.07, 6.45) is 0. The first kappa shape index (κ1) is 14.2. The molecule has 0 aliphatic heterocycles. The van der Waals surface area contributed by atoms with Gasteiger partial charge in [0.2, 0.25) is 0 Å². The molecule has 0 fully saturated rings. The molecule has 0 radical (unpaired) electrons. The van der Waals surface area contributed by atoms with Gasteiger partial charge in [0.15, 0.2) is 0 Å². The molecule has 0 aliphatic carbocycles. The zero-order valence-corrected chi connectivity index (χ0v) is 12.8. The molecule has 0 amide bonds. The van der Waals surface area contributed by atoms with Crippen LogP contribution < -0.4 is 5.32 Å². The average Bonchev–Trinajstić information content (AvgIpc) is 2.36. The minimum Gasteiger partial charge on any atom is -0.378 e. The summed E-state index contributed by atoms with van der Waals surface area (Å²) in [6.45, 7) is 3.37. The van der Waals surface area contributed by atoms with Gasteiger partial charge in [-0.05, 0) is 66.3 Å². The predicted octanol–water partition coefficient (Wildman–Crippen LogP) is 5.05. The Morgan fingerprint density at radius 3 is 2.47 bits per heavy atom. The highest BCUT2D eigenvalue weighted by Crippen LogP contribution is 2.26. The maximum Gasteiger partial charge on any atom is 0.128 e. The zero-order chi connectivity index (χ0) is 14.0. The molecule has 1 unspecified atom stereocenters. The summed E-state index contributed by atoms with van der Waals surface area (Å²) in [6, 6.07) is 9.91. The molecule has 1 atom stereocenters. The standard InChI is InChI=1S/C15H14F2IN/c1-9-7-13(17)11(8-12(9)16)10(2)19-15-6-4-3-5-14(15)18/h3-8,10,19H,1-2H3. The van der Waals surface area contributed by atoms with E-state index in [9.17, 15) is 8.78 Å². The minimum atomic E-state index is -0.384. The van der Waals surface area contributed by atoms with Crippen LogP contribution in [0.5, 0.6) is 0 Å². The fraction of sp³-hybridized carbons (Fsp3) is 0.200. The smallest absolute Gasteiger partial charge is 0.128 e. The van der Waals surface area contributed by atoms with E-state index < -0.39 is 0 Å². The number of aryl methyl sites for hydroxylation is 1. The first-order valence-corrected chi connectivity index (χ1v) is 7.03. The van der Waals surface area contributed by atoms with E-state index in [2.05, 4.69) is 27.9 Å². The number of rotatable bonds is 3. The third-order valence-corrected chi connectivity index (χ3v) is 3.93. The van der Waals surface area contributed by atoms with Crippen LogP contribution in [0, 0.1) is 22.1 Å². The van der Waals surface area contributed by atoms with E-state index in [-0.39, 0.29) is 17.7 Å². The van der Waals surface area contributed by atoms with Crippen molar-refractivity contribution >= 4 is 28.3 Å². The Morgan fingerprint density at radius 1 is 1.11 bits per heavy atom. The number of hydrogen-bond acceptors (Lipinski definition) is 1.